The number of hydrogen-bond acceptors (Lipinski definition) is 7. The van der Waals surface area contributed by atoms with Gasteiger partial charge in [0.15, 0.2) is 0 Å². The number of aromatic nitrogens is 2. The molecular formula is C30H37N7O2. The Hall–Kier alpha value is -3.95. The first-order valence-electron chi connectivity index (χ1n) is 13.2. The zero-order valence-corrected chi connectivity index (χ0v) is 23.6. The molecule has 0 spiro atoms. The molecule has 3 aromatic rings. The summed E-state index contributed by atoms with van der Waals surface area (Å²) in [7, 11) is 11.2. The summed E-state index contributed by atoms with van der Waals surface area (Å²) in [5, 5.41) is 11.1. The van der Waals surface area contributed by atoms with Gasteiger partial charge in [0.1, 0.15) is 17.6 Å². The van der Waals surface area contributed by atoms with Crippen molar-refractivity contribution in [3.8, 4) is 5.75 Å². The van der Waals surface area contributed by atoms with Crippen LogP contribution < -0.4 is 10.1 Å². The monoisotopic (exact) mass is 527 g/mol. The molecule has 5 rings (SSSR count). The van der Waals surface area contributed by atoms with E-state index in [0.717, 1.165) is 59.7 Å². The molecule has 1 unspecified atom stereocenters. The van der Waals surface area contributed by atoms with Gasteiger partial charge in [-0.3, -0.25) is 20.0 Å². The van der Waals surface area contributed by atoms with Crippen molar-refractivity contribution in [1.29, 1.82) is 0 Å². The Morgan fingerprint density at radius 2 is 2.00 bits per heavy atom. The molecule has 9 nitrogen and oxygen atoms in total. The second kappa shape index (κ2) is 11.0. The molecule has 9 heteroatoms. The van der Waals surface area contributed by atoms with E-state index in [1.165, 1.54) is 11.3 Å². The third kappa shape index (κ3) is 5.20. The number of hydrogen-bond donors (Lipinski definition) is 1. The number of methoxy groups -OCH3 is 1. The number of pyridine rings is 1. The fourth-order valence-electron chi connectivity index (χ4n) is 5.32. The summed E-state index contributed by atoms with van der Waals surface area (Å²) in [6, 6.07) is 10.0. The highest BCUT2D eigenvalue weighted by Gasteiger charge is 2.21. The van der Waals surface area contributed by atoms with Gasteiger partial charge in [0.25, 0.3) is 5.91 Å². The van der Waals surface area contributed by atoms with Gasteiger partial charge in [0, 0.05) is 81.8 Å². The number of allylic oxidation sites excluding steroid dienone is 1. The minimum Gasteiger partial charge on any atom is -0.496 e. The van der Waals surface area contributed by atoms with Crippen molar-refractivity contribution >= 4 is 28.2 Å². The van der Waals surface area contributed by atoms with Crippen molar-refractivity contribution in [2.45, 2.75) is 19.1 Å². The molecule has 4 heterocycles. The number of likely N-dealkylation sites (N-methyl/N-ethyl adjacent to an activating group) is 2. The molecule has 1 aromatic carbocycles. The molecule has 0 fully saturated rings. The van der Waals surface area contributed by atoms with Gasteiger partial charge in [-0.1, -0.05) is 12.1 Å². The summed E-state index contributed by atoms with van der Waals surface area (Å²) in [6.45, 7) is 2.60. The Morgan fingerprint density at radius 1 is 1.18 bits per heavy atom. The van der Waals surface area contributed by atoms with Crippen LogP contribution in [-0.4, -0.2) is 90.5 Å². The van der Waals surface area contributed by atoms with Crippen molar-refractivity contribution in [2.24, 2.45) is 12.1 Å². The van der Waals surface area contributed by atoms with Gasteiger partial charge in [0.2, 0.25) is 0 Å². The van der Waals surface area contributed by atoms with Crippen LogP contribution in [0.15, 0.2) is 59.9 Å². The Balaban J connectivity index is 1.35. The van der Waals surface area contributed by atoms with E-state index in [4.69, 9.17) is 9.84 Å². The van der Waals surface area contributed by atoms with Crippen LogP contribution in [-0.2, 0) is 13.6 Å². The lowest BCUT2D eigenvalue weighted by Crippen LogP contribution is -2.39. The predicted octanol–water partition coefficient (Wildman–Crippen LogP) is 3.32. The van der Waals surface area contributed by atoms with Crippen molar-refractivity contribution in [3.05, 3.63) is 77.1 Å². The maximum Gasteiger partial charge on any atom is 0.253 e. The fraction of sp³-hybridized carbons (Fsp3) is 0.367. The van der Waals surface area contributed by atoms with E-state index < -0.39 is 0 Å². The SMILES string of the molecule is CNC1C=CC(c2ccnc3c2cc(CN2CC=C(c4ccc(C(=O)N(C)C)cc4OC)CC2)n3C)=NN1C. The van der Waals surface area contributed by atoms with Crippen molar-refractivity contribution < 1.29 is 9.53 Å². The third-order valence-electron chi connectivity index (χ3n) is 7.58. The van der Waals surface area contributed by atoms with Gasteiger partial charge in [-0.15, -0.1) is 0 Å². The Kier molecular flexibility index (Phi) is 7.54. The molecular weight excluding hydrogens is 490 g/mol. The molecule has 0 saturated carbocycles. The van der Waals surface area contributed by atoms with E-state index in [-0.39, 0.29) is 12.1 Å². The lowest BCUT2D eigenvalue weighted by Gasteiger charge is -2.27. The molecule has 0 radical (unpaired) electrons. The zero-order valence-electron chi connectivity index (χ0n) is 23.6. The minimum atomic E-state index is -0.0305. The number of carbonyl (C=O) groups is 1. The zero-order chi connectivity index (χ0) is 27.7. The van der Waals surface area contributed by atoms with Crippen LogP contribution in [0, 0.1) is 0 Å². The van der Waals surface area contributed by atoms with Crippen molar-refractivity contribution in [3.63, 3.8) is 0 Å². The molecule has 2 aliphatic rings. The highest BCUT2D eigenvalue weighted by Crippen LogP contribution is 2.32. The summed E-state index contributed by atoms with van der Waals surface area (Å²) in [4.78, 5) is 21.1. The third-order valence-corrected chi connectivity index (χ3v) is 7.58. The number of rotatable bonds is 7. The van der Waals surface area contributed by atoms with E-state index in [1.807, 2.05) is 49.6 Å². The molecule has 1 amide bonds. The number of aryl methyl sites for hydroxylation is 1. The molecule has 0 aliphatic carbocycles. The van der Waals surface area contributed by atoms with Crippen LogP contribution in [0.5, 0.6) is 5.75 Å². The molecule has 39 heavy (non-hydrogen) atoms. The average Bonchev–Trinajstić information content (AvgIpc) is 3.27. The van der Waals surface area contributed by atoms with Crippen LogP contribution in [0.4, 0.5) is 0 Å². The quantitative estimate of drug-likeness (QED) is 0.508. The molecule has 0 bridgehead atoms. The van der Waals surface area contributed by atoms with Crippen LogP contribution in [0.3, 0.4) is 0 Å². The highest BCUT2D eigenvalue weighted by molar-refractivity contribution is 6.16. The Bertz CT molecular complexity index is 1480. The average molecular weight is 528 g/mol. The summed E-state index contributed by atoms with van der Waals surface area (Å²) < 4.78 is 7.85. The maximum atomic E-state index is 12.4. The second-order valence-corrected chi connectivity index (χ2v) is 10.3. The van der Waals surface area contributed by atoms with E-state index in [0.29, 0.717) is 5.56 Å². The van der Waals surface area contributed by atoms with Gasteiger partial charge in [-0.25, -0.2) is 4.98 Å². The molecule has 2 aliphatic heterocycles. The van der Waals surface area contributed by atoms with Gasteiger partial charge in [-0.05, 0) is 55.5 Å². The molecule has 2 aromatic heterocycles. The van der Waals surface area contributed by atoms with Crippen LogP contribution in [0.25, 0.3) is 16.6 Å². The molecule has 1 atom stereocenters. The van der Waals surface area contributed by atoms with E-state index >= 15 is 0 Å². The number of ether oxygens (including phenoxy) is 1. The fourth-order valence-corrected chi connectivity index (χ4v) is 5.32. The van der Waals surface area contributed by atoms with Gasteiger partial charge in [0.05, 0.1) is 12.8 Å². The Labute approximate surface area is 230 Å². The summed E-state index contributed by atoms with van der Waals surface area (Å²) in [6.07, 6.45) is 9.34. The van der Waals surface area contributed by atoms with E-state index in [9.17, 15) is 4.79 Å². The first kappa shape index (κ1) is 26.6. The molecule has 204 valence electrons. The standard InChI is InChI=1S/C30H37N7O2/c1-31-28-10-9-26(33-36(28)5)24-11-14-32-29-25(24)18-22(35(29)4)19-37-15-12-20(13-16-37)23-8-7-21(17-27(23)39-6)30(38)34(2)3/h7-12,14,17-18,28,31H,13,15-16,19H2,1-6H3. The number of hydrazone groups is 1. The van der Waals surface area contributed by atoms with Crippen LogP contribution in [0.2, 0.25) is 0 Å². The molecule has 0 saturated heterocycles. The van der Waals surface area contributed by atoms with Crippen LogP contribution >= 0.6 is 0 Å². The number of amides is 1. The van der Waals surface area contributed by atoms with E-state index in [1.54, 1.807) is 26.1 Å². The summed E-state index contributed by atoms with van der Waals surface area (Å²) in [5.74, 6) is 0.707. The summed E-state index contributed by atoms with van der Waals surface area (Å²) in [5.41, 5.74) is 7.13. The number of carbonyl (C=O) groups excluding carboxylic acids is 1. The maximum absolute atomic E-state index is 12.4. The first-order chi connectivity index (χ1) is 18.8. The Morgan fingerprint density at radius 3 is 2.67 bits per heavy atom. The molecule has 1 N–H and O–H groups in total. The predicted molar refractivity (Wildman–Crippen MR) is 156 cm³/mol. The van der Waals surface area contributed by atoms with Gasteiger partial charge in [-0.2, -0.15) is 5.10 Å². The van der Waals surface area contributed by atoms with Crippen LogP contribution in [0.1, 0.15) is 33.6 Å². The first-order valence-corrected chi connectivity index (χ1v) is 13.2. The lowest BCUT2D eigenvalue weighted by molar-refractivity contribution is 0.0827. The number of benzene rings is 1. The van der Waals surface area contributed by atoms with Crippen molar-refractivity contribution in [2.75, 3.05) is 48.4 Å². The second-order valence-electron chi connectivity index (χ2n) is 10.3. The normalized spacial score (nSPS) is 17.8. The summed E-state index contributed by atoms with van der Waals surface area (Å²) >= 11 is 0. The minimum absolute atomic E-state index is 0.0305. The number of fused-ring (bicyclic) bond motifs is 1. The highest BCUT2D eigenvalue weighted by atomic mass is 16.5. The van der Waals surface area contributed by atoms with Gasteiger partial charge >= 0.3 is 0 Å². The van der Waals surface area contributed by atoms with Crippen molar-refractivity contribution in [1.82, 2.24) is 29.7 Å². The van der Waals surface area contributed by atoms with Gasteiger partial charge < -0.3 is 14.2 Å². The number of nitrogens with zero attached hydrogens (tertiary/aromatic N) is 6. The number of nitrogens with one attached hydrogen (secondary N) is 1. The smallest absolute Gasteiger partial charge is 0.253 e. The topological polar surface area (TPSA) is 78.2 Å². The lowest BCUT2D eigenvalue weighted by atomic mass is 9.97. The largest absolute Gasteiger partial charge is 0.496 e. The van der Waals surface area contributed by atoms with E-state index in [2.05, 4.69) is 51.1 Å².